The number of hydrogen-bond acceptors (Lipinski definition) is 7. The van der Waals surface area contributed by atoms with Crippen LogP contribution in [0.15, 0.2) is 47.2 Å². The zero-order chi connectivity index (χ0) is 30.8. The molecule has 1 aliphatic heterocycles. The molecule has 0 bridgehead atoms. The highest BCUT2D eigenvalue weighted by Crippen LogP contribution is 2.29. The normalized spacial score (nSPS) is 13.2. The molecule has 1 aromatic heterocycles. The quantitative estimate of drug-likeness (QED) is 0.255. The van der Waals surface area contributed by atoms with Crippen molar-refractivity contribution in [2.24, 2.45) is 16.6 Å². The Bertz CT molecular complexity index is 1380. The van der Waals surface area contributed by atoms with E-state index < -0.39 is 23.9 Å². The lowest BCUT2D eigenvalue weighted by Gasteiger charge is -2.22. The SMILES string of the molecule is CCCN(CCC)C(=O)C1=Cc2ccc(C(=O)Nc3cncc(CNC(=O)[C@@H](NC(=O)O)C(C)C)c3)cc2N=C(N)C1. The van der Waals surface area contributed by atoms with Gasteiger partial charge in [0.25, 0.3) is 5.91 Å². The van der Waals surface area contributed by atoms with Gasteiger partial charge in [0.05, 0.1) is 17.6 Å². The van der Waals surface area contributed by atoms with Crippen LogP contribution in [-0.2, 0) is 16.1 Å². The van der Waals surface area contributed by atoms with Crippen molar-refractivity contribution in [2.75, 3.05) is 18.4 Å². The number of rotatable bonds is 12. The highest BCUT2D eigenvalue weighted by atomic mass is 16.4. The number of nitrogens with zero attached hydrogens (tertiary/aromatic N) is 3. The van der Waals surface area contributed by atoms with E-state index in [4.69, 9.17) is 10.8 Å². The van der Waals surface area contributed by atoms with Gasteiger partial charge in [-0.3, -0.25) is 19.4 Å². The van der Waals surface area contributed by atoms with Gasteiger partial charge < -0.3 is 31.7 Å². The van der Waals surface area contributed by atoms with Crippen molar-refractivity contribution in [3.05, 3.63) is 58.9 Å². The van der Waals surface area contributed by atoms with Gasteiger partial charge in [-0.15, -0.1) is 0 Å². The lowest BCUT2D eigenvalue weighted by Crippen LogP contribution is -2.49. The number of nitrogens with two attached hydrogens (primary N) is 1. The Balaban J connectivity index is 1.73. The number of pyridine rings is 1. The molecule has 0 aliphatic carbocycles. The third-order valence-electron chi connectivity index (χ3n) is 6.55. The van der Waals surface area contributed by atoms with E-state index in [1.54, 1.807) is 44.2 Å². The predicted octanol–water partition coefficient (Wildman–Crippen LogP) is 3.67. The van der Waals surface area contributed by atoms with Crippen molar-refractivity contribution in [1.82, 2.24) is 20.5 Å². The number of amides is 4. The molecule has 1 atom stereocenters. The molecule has 0 fully saturated rings. The Morgan fingerprint density at radius 2 is 1.79 bits per heavy atom. The standard InChI is InChI=1S/C30H39N7O5/c1-5-9-37(10-6-2)29(40)22-12-20-7-8-21(13-24(20)35-25(31)14-22)27(38)34-23-11-19(15-32-17-23)16-33-28(39)26(18(3)4)36-30(41)42/h7-8,11-13,15,17-18,26,36H,5-6,9-10,14,16H2,1-4H3,(H2,31,35)(H,33,39)(H,34,38)(H,41,42)/t26-/m0/s1. The summed E-state index contributed by atoms with van der Waals surface area (Å²) >= 11 is 0. The highest BCUT2D eigenvalue weighted by Gasteiger charge is 2.24. The summed E-state index contributed by atoms with van der Waals surface area (Å²) < 4.78 is 0. The molecule has 2 aromatic rings. The average Bonchev–Trinajstić information content (AvgIpc) is 3.11. The second kappa shape index (κ2) is 14.8. The number of carboxylic acid groups (broad SMARTS) is 1. The van der Waals surface area contributed by atoms with Crippen molar-refractivity contribution < 1.29 is 24.3 Å². The van der Waals surface area contributed by atoms with E-state index >= 15 is 0 Å². The van der Waals surface area contributed by atoms with Crippen LogP contribution in [0.25, 0.3) is 6.08 Å². The van der Waals surface area contributed by atoms with Gasteiger partial charge in [0.2, 0.25) is 11.8 Å². The monoisotopic (exact) mass is 577 g/mol. The summed E-state index contributed by atoms with van der Waals surface area (Å²) in [6.45, 7) is 8.96. The average molecular weight is 578 g/mol. The minimum absolute atomic E-state index is 0.0621. The molecule has 0 unspecified atom stereocenters. The summed E-state index contributed by atoms with van der Waals surface area (Å²) in [6.07, 6.45) is 5.46. The first-order valence-corrected chi connectivity index (χ1v) is 14.0. The summed E-state index contributed by atoms with van der Waals surface area (Å²) in [6, 6.07) is 5.77. The minimum atomic E-state index is -1.28. The fraction of sp³-hybridized carbons (Fsp3) is 0.400. The summed E-state index contributed by atoms with van der Waals surface area (Å²) in [5, 5.41) is 16.7. The molecular weight excluding hydrogens is 538 g/mol. The molecule has 1 aromatic carbocycles. The molecule has 224 valence electrons. The summed E-state index contributed by atoms with van der Waals surface area (Å²) in [4.78, 5) is 60.2. The number of nitrogens with one attached hydrogen (secondary N) is 3. The third-order valence-corrected chi connectivity index (χ3v) is 6.55. The van der Waals surface area contributed by atoms with E-state index in [1.807, 2.05) is 18.7 Å². The van der Waals surface area contributed by atoms with Crippen LogP contribution in [0.3, 0.4) is 0 Å². The fourth-order valence-electron chi connectivity index (χ4n) is 4.55. The Morgan fingerprint density at radius 3 is 2.43 bits per heavy atom. The second-order valence-electron chi connectivity index (χ2n) is 10.4. The second-order valence-corrected chi connectivity index (χ2v) is 10.4. The lowest BCUT2D eigenvalue weighted by molar-refractivity contribution is -0.127. The molecule has 1 aliphatic rings. The molecule has 12 nitrogen and oxygen atoms in total. The number of benzene rings is 1. The summed E-state index contributed by atoms with van der Waals surface area (Å²) in [5.74, 6) is -0.885. The van der Waals surface area contributed by atoms with Gasteiger partial charge in [0.15, 0.2) is 0 Å². The number of aliphatic imine (C=N–C) groups is 1. The van der Waals surface area contributed by atoms with Crippen molar-refractivity contribution >= 4 is 47.1 Å². The maximum absolute atomic E-state index is 13.2. The molecule has 0 radical (unpaired) electrons. The van der Waals surface area contributed by atoms with Gasteiger partial charge >= 0.3 is 6.09 Å². The Kier molecular flexibility index (Phi) is 11.2. The number of fused-ring (bicyclic) bond motifs is 1. The third kappa shape index (κ3) is 8.63. The van der Waals surface area contributed by atoms with Crippen LogP contribution in [0.1, 0.15) is 68.4 Å². The van der Waals surface area contributed by atoms with E-state index in [0.29, 0.717) is 46.7 Å². The van der Waals surface area contributed by atoms with Crippen LogP contribution in [0.5, 0.6) is 0 Å². The van der Waals surface area contributed by atoms with Crippen molar-refractivity contribution in [1.29, 1.82) is 0 Å². The van der Waals surface area contributed by atoms with Gasteiger partial charge in [0.1, 0.15) is 11.9 Å². The van der Waals surface area contributed by atoms with Gasteiger partial charge in [-0.05, 0) is 48.6 Å². The van der Waals surface area contributed by atoms with Crippen molar-refractivity contribution in [2.45, 2.75) is 59.5 Å². The van der Waals surface area contributed by atoms with E-state index in [2.05, 4.69) is 25.9 Å². The molecular formula is C30H39N7O5. The van der Waals surface area contributed by atoms with Crippen molar-refractivity contribution in [3.63, 3.8) is 0 Å². The van der Waals surface area contributed by atoms with E-state index in [1.165, 1.54) is 12.4 Å². The summed E-state index contributed by atoms with van der Waals surface area (Å²) in [7, 11) is 0. The molecule has 6 N–H and O–H groups in total. The van der Waals surface area contributed by atoms with Gasteiger partial charge in [0, 0.05) is 49.0 Å². The van der Waals surface area contributed by atoms with E-state index in [-0.39, 0.29) is 30.6 Å². The van der Waals surface area contributed by atoms with E-state index in [9.17, 15) is 19.2 Å². The molecule has 2 heterocycles. The summed E-state index contributed by atoms with van der Waals surface area (Å²) in [5.41, 5.74) is 9.27. The first kappa shape index (κ1) is 31.8. The van der Waals surface area contributed by atoms with Gasteiger partial charge in [-0.1, -0.05) is 33.8 Å². The van der Waals surface area contributed by atoms with Crippen LogP contribution >= 0.6 is 0 Å². The predicted molar refractivity (Wildman–Crippen MR) is 161 cm³/mol. The van der Waals surface area contributed by atoms with Crippen LogP contribution in [0.2, 0.25) is 0 Å². The van der Waals surface area contributed by atoms with Gasteiger partial charge in [-0.25, -0.2) is 9.79 Å². The van der Waals surface area contributed by atoms with Crippen molar-refractivity contribution in [3.8, 4) is 0 Å². The van der Waals surface area contributed by atoms with Crippen LogP contribution in [0.4, 0.5) is 16.2 Å². The minimum Gasteiger partial charge on any atom is -0.465 e. The number of hydrogen-bond donors (Lipinski definition) is 5. The Morgan fingerprint density at radius 1 is 1.07 bits per heavy atom. The topological polar surface area (TPSA) is 179 Å². The van der Waals surface area contributed by atoms with Gasteiger partial charge in [-0.2, -0.15) is 0 Å². The molecule has 4 amide bonds. The lowest BCUT2D eigenvalue weighted by atomic mass is 10.0. The zero-order valence-corrected chi connectivity index (χ0v) is 24.4. The zero-order valence-electron chi connectivity index (χ0n) is 24.4. The smallest absolute Gasteiger partial charge is 0.405 e. The largest absolute Gasteiger partial charge is 0.465 e. The van der Waals surface area contributed by atoms with E-state index in [0.717, 1.165) is 12.8 Å². The molecule has 3 rings (SSSR count). The molecule has 0 saturated carbocycles. The van der Waals surface area contributed by atoms with Crippen LogP contribution in [-0.4, -0.2) is 63.8 Å². The first-order chi connectivity index (χ1) is 20.0. The van der Waals surface area contributed by atoms with Crippen LogP contribution < -0.4 is 21.7 Å². The maximum atomic E-state index is 13.2. The Hall–Kier alpha value is -4.74. The molecule has 12 heteroatoms. The number of anilines is 1. The van der Waals surface area contributed by atoms with Crippen LogP contribution in [0, 0.1) is 5.92 Å². The Labute approximate surface area is 245 Å². The molecule has 42 heavy (non-hydrogen) atoms. The maximum Gasteiger partial charge on any atom is 0.405 e. The highest BCUT2D eigenvalue weighted by molar-refractivity contribution is 6.08. The fourth-order valence-corrected chi connectivity index (χ4v) is 4.55. The number of aromatic nitrogens is 1. The number of amidine groups is 1. The molecule has 0 spiro atoms. The number of carbonyl (C=O) groups excluding carboxylic acids is 3. The number of carbonyl (C=O) groups is 4. The molecule has 0 saturated heterocycles. The first-order valence-electron chi connectivity index (χ1n) is 14.0.